The van der Waals surface area contributed by atoms with Crippen molar-refractivity contribution >= 4 is 28.9 Å². The normalized spacial score (nSPS) is 11.0. The van der Waals surface area contributed by atoms with Crippen LogP contribution < -0.4 is 10.1 Å². The molecular formula is C24H26N2O4. The van der Waals surface area contributed by atoms with E-state index in [0.29, 0.717) is 24.4 Å². The van der Waals surface area contributed by atoms with E-state index < -0.39 is 5.97 Å². The summed E-state index contributed by atoms with van der Waals surface area (Å²) in [6.07, 6.45) is 6.29. The predicted molar refractivity (Wildman–Crippen MR) is 118 cm³/mol. The summed E-state index contributed by atoms with van der Waals surface area (Å²) in [5, 5.41) is 3.93. The summed E-state index contributed by atoms with van der Waals surface area (Å²) in [6, 6.07) is 13.4. The van der Waals surface area contributed by atoms with Gasteiger partial charge in [-0.15, -0.1) is 0 Å². The number of benzene rings is 2. The van der Waals surface area contributed by atoms with Gasteiger partial charge in [0.2, 0.25) is 5.91 Å². The van der Waals surface area contributed by atoms with Gasteiger partial charge >= 0.3 is 5.97 Å². The van der Waals surface area contributed by atoms with Gasteiger partial charge in [-0.2, -0.15) is 0 Å². The number of carbonyl (C=O) groups is 2. The number of amides is 1. The zero-order valence-electron chi connectivity index (χ0n) is 17.5. The summed E-state index contributed by atoms with van der Waals surface area (Å²) < 4.78 is 12.4. The highest BCUT2D eigenvalue weighted by molar-refractivity contribution is 5.92. The minimum absolute atomic E-state index is 0.0947. The van der Waals surface area contributed by atoms with E-state index in [4.69, 9.17) is 9.47 Å². The van der Waals surface area contributed by atoms with Crippen molar-refractivity contribution in [1.82, 2.24) is 9.88 Å². The van der Waals surface area contributed by atoms with E-state index in [1.807, 2.05) is 49.5 Å². The molecule has 30 heavy (non-hydrogen) atoms. The first kappa shape index (κ1) is 21.2. The van der Waals surface area contributed by atoms with Gasteiger partial charge in [-0.3, -0.25) is 4.79 Å². The average Bonchev–Trinajstić information content (AvgIpc) is 3.17. The van der Waals surface area contributed by atoms with Crippen molar-refractivity contribution in [3.05, 3.63) is 71.4 Å². The molecule has 0 saturated carbocycles. The lowest BCUT2D eigenvalue weighted by molar-refractivity contribution is -0.116. The Kier molecular flexibility index (Phi) is 6.91. The number of carbonyl (C=O) groups excluding carboxylic acids is 2. The van der Waals surface area contributed by atoms with Gasteiger partial charge < -0.3 is 19.4 Å². The number of nitrogens with zero attached hydrogens (tertiary/aromatic N) is 1. The van der Waals surface area contributed by atoms with Crippen LogP contribution in [0.3, 0.4) is 0 Å². The minimum atomic E-state index is -0.398. The molecule has 3 rings (SSSR count). The Bertz CT molecular complexity index is 1080. The standard InChI is InChI=1S/C24H26N2O4/c1-4-12-25-23(27)10-6-17-5-7-18-11-13-26(21(18)14-17)16-20-9-8-19(24(28)30-3)15-22(20)29-2/h5-11,13-15H,4,12,16H2,1-3H3,(H,25,27). The molecule has 0 unspecified atom stereocenters. The van der Waals surface area contributed by atoms with Crippen LogP contribution in [0.15, 0.2) is 54.7 Å². The number of esters is 1. The molecule has 0 atom stereocenters. The van der Waals surface area contributed by atoms with Crippen molar-refractivity contribution in [2.75, 3.05) is 20.8 Å². The zero-order chi connectivity index (χ0) is 21.5. The van der Waals surface area contributed by atoms with Crippen molar-refractivity contribution in [3.63, 3.8) is 0 Å². The summed E-state index contributed by atoms with van der Waals surface area (Å²) in [5.41, 5.74) is 3.39. The topological polar surface area (TPSA) is 69.6 Å². The third-order valence-corrected chi connectivity index (χ3v) is 4.82. The summed E-state index contributed by atoms with van der Waals surface area (Å²) in [7, 11) is 2.94. The molecule has 6 nitrogen and oxygen atoms in total. The molecule has 0 radical (unpaired) electrons. The van der Waals surface area contributed by atoms with E-state index in [-0.39, 0.29) is 5.91 Å². The first-order valence-electron chi connectivity index (χ1n) is 9.85. The van der Waals surface area contributed by atoms with Crippen LogP contribution >= 0.6 is 0 Å². The number of ether oxygens (including phenoxy) is 2. The molecule has 0 aliphatic carbocycles. The van der Waals surface area contributed by atoms with E-state index in [9.17, 15) is 9.59 Å². The average molecular weight is 406 g/mol. The molecule has 0 aliphatic rings. The van der Waals surface area contributed by atoms with Crippen molar-refractivity contribution in [2.24, 2.45) is 0 Å². The molecule has 3 aromatic rings. The number of hydrogen-bond acceptors (Lipinski definition) is 4. The molecule has 1 heterocycles. The van der Waals surface area contributed by atoms with Gasteiger partial charge in [0, 0.05) is 29.9 Å². The third-order valence-electron chi connectivity index (χ3n) is 4.82. The Labute approximate surface area is 176 Å². The van der Waals surface area contributed by atoms with E-state index in [1.165, 1.54) is 7.11 Å². The Balaban J connectivity index is 1.86. The Morgan fingerprint density at radius 3 is 2.67 bits per heavy atom. The maximum absolute atomic E-state index is 11.8. The second kappa shape index (κ2) is 9.78. The molecule has 0 spiro atoms. The molecule has 2 aromatic carbocycles. The molecule has 0 bridgehead atoms. The SMILES string of the molecule is CCCNC(=O)C=Cc1ccc2ccn(Cc3ccc(C(=O)OC)cc3OC)c2c1. The van der Waals surface area contributed by atoms with E-state index in [2.05, 4.69) is 9.88 Å². The van der Waals surface area contributed by atoms with Crippen LogP contribution in [0.4, 0.5) is 0 Å². The van der Waals surface area contributed by atoms with Crippen LogP contribution in [0, 0.1) is 0 Å². The summed E-state index contributed by atoms with van der Waals surface area (Å²) in [5.74, 6) is 0.136. The summed E-state index contributed by atoms with van der Waals surface area (Å²) in [6.45, 7) is 3.27. The first-order chi connectivity index (χ1) is 14.5. The lowest BCUT2D eigenvalue weighted by Crippen LogP contribution is -2.21. The maximum Gasteiger partial charge on any atom is 0.337 e. The Hall–Kier alpha value is -3.54. The number of nitrogens with one attached hydrogen (secondary N) is 1. The van der Waals surface area contributed by atoms with Gasteiger partial charge in [-0.25, -0.2) is 4.79 Å². The van der Waals surface area contributed by atoms with Crippen molar-refractivity contribution in [2.45, 2.75) is 19.9 Å². The van der Waals surface area contributed by atoms with Crippen LogP contribution in [0.5, 0.6) is 5.75 Å². The van der Waals surface area contributed by atoms with Crippen LogP contribution in [0.2, 0.25) is 0 Å². The molecular weight excluding hydrogens is 380 g/mol. The lowest BCUT2D eigenvalue weighted by Gasteiger charge is -2.12. The number of aromatic nitrogens is 1. The fourth-order valence-electron chi connectivity index (χ4n) is 3.23. The summed E-state index contributed by atoms with van der Waals surface area (Å²) >= 11 is 0. The number of hydrogen-bond donors (Lipinski definition) is 1. The highest BCUT2D eigenvalue weighted by Crippen LogP contribution is 2.25. The molecule has 1 aromatic heterocycles. The van der Waals surface area contributed by atoms with Crippen molar-refractivity contribution in [3.8, 4) is 5.75 Å². The van der Waals surface area contributed by atoms with Crippen LogP contribution in [0.1, 0.15) is 34.8 Å². The van der Waals surface area contributed by atoms with Crippen molar-refractivity contribution in [1.29, 1.82) is 0 Å². The molecule has 1 N–H and O–H groups in total. The predicted octanol–water partition coefficient (Wildman–Crippen LogP) is 4.02. The van der Waals surface area contributed by atoms with Gasteiger partial charge in [0.15, 0.2) is 0 Å². The monoisotopic (exact) mass is 406 g/mol. The Morgan fingerprint density at radius 2 is 1.93 bits per heavy atom. The molecule has 0 aliphatic heterocycles. The largest absolute Gasteiger partial charge is 0.496 e. The van der Waals surface area contributed by atoms with Crippen LogP contribution in [-0.2, 0) is 16.1 Å². The second-order valence-electron chi connectivity index (χ2n) is 6.90. The van der Waals surface area contributed by atoms with E-state index >= 15 is 0 Å². The summed E-state index contributed by atoms with van der Waals surface area (Å²) in [4.78, 5) is 23.6. The zero-order valence-corrected chi connectivity index (χ0v) is 17.5. The van der Waals surface area contributed by atoms with Crippen molar-refractivity contribution < 1.29 is 19.1 Å². The van der Waals surface area contributed by atoms with Gasteiger partial charge in [0.1, 0.15) is 5.75 Å². The second-order valence-corrected chi connectivity index (χ2v) is 6.90. The van der Waals surface area contributed by atoms with Gasteiger partial charge in [-0.1, -0.05) is 25.1 Å². The highest BCUT2D eigenvalue weighted by atomic mass is 16.5. The fourth-order valence-corrected chi connectivity index (χ4v) is 3.23. The van der Waals surface area contributed by atoms with E-state index in [0.717, 1.165) is 28.5 Å². The highest BCUT2D eigenvalue weighted by Gasteiger charge is 2.12. The van der Waals surface area contributed by atoms with Gasteiger partial charge in [0.05, 0.1) is 26.3 Å². The van der Waals surface area contributed by atoms with Crippen LogP contribution in [0.25, 0.3) is 17.0 Å². The number of methoxy groups -OCH3 is 2. The molecule has 1 amide bonds. The molecule has 156 valence electrons. The fraction of sp³-hybridized carbons (Fsp3) is 0.250. The smallest absolute Gasteiger partial charge is 0.337 e. The number of fused-ring (bicyclic) bond motifs is 1. The Morgan fingerprint density at radius 1 is 1.10 bits per heavy atom. The van der Waals surface area contributed by atoms with Crippen LogP contribution in [-0.4, -0.2) is 37.2 Å². The molecule has 0 saturated heterocycles. The first-order valence-corrected chi connectivity index (χ1v) is 9.85. The minimum Gasteiger partial charge on any atom is -0.496 e. The van der Waals surface area contributed by atoms with Gasteiger partial charge in [-0.05, 0) is 47.7 Å². The lowest BCUT2D eigenvalue weighted by atomic mass is 10.1. The third kappa shape index (κ3) is 4.89. The molecule has 6 heteroatoms. The van der Waals surface area contributed by atoms with E-state index in [1.54, 1.807) is 25.3 Å². The quantitative estimate of drug-likeness (QED) is 0.453. The van der Waals surface area contributed by atoms with Gasteiger partial charge in [0.25, 0.3) is 0 Å². The number of rotatable bonds is 8. The maximum atomic E-state index is 11.8. The molecule has 0 fully saturated rings.